The van der Waals surface area contributed by atoms with Crippen LogP contribution < -0.4 is 4.90 Å². The molecule has 2 heterocycles. The minimum atomic E-state index is -0.132. The van der Waals surface area contributed by atoms with Gasteiger partial charge in [0.15, 0.2) is 0 Å². The number of hydrogen-bond acceptors (Lipinski definition) is 4. The lowest BCUT2D eigenvalue weighted by atomic mass is 10.2. The summed E-state index contributed by atoms with van der Waals surface area (Å²) in [5.74, 6) is 0.547. The van der Waals surface area contributed by atoms with E-state index in [0.29, 0.717) is 23.7 Å². The second kappa shape index (κ2) is 5.13. The molecule has 7 nitrogen and oxygen atoms in total. The Hall–Kier alpha value is -2.31. The van der Waals surface area contributed by atoms with Crippen molar-refractivity contribution in [2.24, 2.45) is 0 Å². The lowest BCUT2D eigenvalue weighted by Gasteiger charge is -2.31. The van der Waals surface area contributed by atoms with Crippen LogP contribution in [0.15, 0.2) is 18.9 Å². The Bertz CT molecular complexity index is 543. The van der Waals surface area contributed by atoms with Crippen molar-refractivity contribution in [2.75, 3.05) is 25.5 Å². The number of anilines is 1. The molecule has 0 aliphatic carbocycles. The van der Waals surface area contributed by atoms with Crippen LogP contribution in [0, 0.1) is 4.91 Å². The number of aromatic nitrogens is 2. The highest BCUT2D eigenvalue weighted by molar-refractivity contribution is 5.93. The predicted octanol–water partition coefficient (Wildman–Crippen LogP) is 1.46. The average molecular weight is 262 g/mol. The van der Waals surface area contributed by atoms with Gasteiger partial charge in [0.1, 0.15) is 13.2 Å². The van der Waals surface area contributed by atoms with Gasteiger partial charge >= 0.3 is 12.0 Å². The molecule has 1 aliphatic heterocycles. The first-order chi connectivity index (χ1) is 9.04. The number of amides is 2. The Kier molecular flexibility index (Phi) is 3.55. The van der Waals surface area contributed by atoms with E-state index in [0.717, 1.165) is 12.0 Å². The molecule has 2 amide bonds. The van der Waals surface area contributed by atoms with Crippen LogP contribution in [0.3, 0.4) is 0 Å². The van der Waals surface area contributed by atoms with Crippen LogP contribution in [-0.4, -0.2) is 46.3 Å². The van der Waals surface area contributed by atoms with Crippen molar-refractivity contribution in [3.05, 3.63) is 29.3 Å². The van der Waals surface area contributed by atoms with Crippen LogP contribution >= 0.6 is 0 Å². The molecule has 0 N–H and O–H groups in total. The molecule has 0 saturated heterocycles. The monoisotopic (exact) mass is 262 g/mol. The molecule has 0 saturated carbocycles. The fraction of sp³-hybridized carbons (Fsp3) is 0.417. The molecule has 1 aliphatic rings. The quantitative estimate of drug-likeness (QED) is 0.608. The third kappa shape index (κ3) is 2.44. The van der Waals surface area contributed by atoms with E-state index < -0.39 is 0 Å². The summed E-state index contributed by atoms with van der Waals surface area (Å²) in [7, 11) is 2.96. The minimum absolute atomic E-state index is 0.0536. The summed E-state index contributed by atoms with van der Waals surface area (Å²) < 4.78 is 0.572. The number of urea groups is 1. The fourth-order valence-electron chi connectivity index (χ4n) is 1.94. The predicted molar refractivity (Wildman–Crippen MR) is 70.3 cm³/mol. The number of nitroso groups, excluding NO2 is 1. The van der Waals surface area contributed by atoms with Gasteiger partial charge in [0.2, 0.25) is 5.82 Å². The molecule has 0 radical (unpaired) electrons. The van der Waals surface area contributed by atoms with Crippen molar-refractivity contribution in [2.45, 2.75) is 13.0 Å². The highest BCUT2D eigenvalue weighted by Crippen LogP contribution is 2.26. The van der Waals surface area contributed by atoms with E-state index in [1.165, 1.54) is 11.9 Å². The zero-order valence-corrected chi connectivity index (χ0v) is 11.0. The van der Waals surface area contributed by atoms with Crippen molar-refractivity contribution in [3.8, 4) is 0 Å². The van der Waals surface area contributed by atoms with Gasteiger partial charge in [-0.25, -0.2) is 4.79 Å². The van der Waals surface area contributed by atoms with Crippen LogP contribution in [0.1, 0.15) is 12.0 Å². The van der Waals surface area contributed by atoms with Crippen LogP contribution in [0.5, 0.6) is 0 Å². The van der Waals surface area contributed by atoms with Gasteiger partial charge < -0.3 is 4.90 Å². The second-order valence-electron chi connectivity index (χ2n) is 4.36. The van der Waals surface area contributed by atoms with Crippen LogP contribution in [0.2, 0.25) is 0 Å². The number of hydrogen-bond donors (Lipinski definition) is 0. The van der Waals surface area contributed by atoms with E-state index in [2.05, 4.69) is 16.5 Å². The second-order valence-corrected chi connectivity index (χ2v) is 4.36. The van der Waals surface area contributed by atoms with Gasteiger partial charge in [0.25, 0.3) is 0 Å². The van der Waals surface area contributed by atoms with E-state index in [1.807, 2.05) is 0 Å². The molecule has 1 aromatic heterocycles. The highest BCUT2D eigenvalue weighted by atomic mass is 16.3. The van der Waals surface area contributed by atoms with Gasteiger partial charge in [0, 0.05) is 13.6 Å². The molecule has 0 bridgehead atoms. The van der Waals surface area contributed by atoms with Gasteiger partial charge in [-0.3, -0.25) is 4.90 Å². The number of nitrogens with zero attached hydrogens (tertiary/aromatic N) is 5. The van der Waals surface area contributed by atoms with Crippen molar-refractivity contribution in [3.63, 3.8) is 0 Å². The van der Waals surface area contributed by atoms with E-state index in [4.69, 9.17) is 0 Å². The molecule has 0 spiro atoms. The van der Waals surface area contributed by atoms with Crippen molar-refractivity contribution in [1.29, 1.82) is 0 Å². The van der Waals surface area contributed by atoms with Gasteiger partial charge in [-0.05, 0) is 16.2 Å². The summed E-state index contributed by atoms with van der Waals surface area (Å²) in [4.78, 5) is 34.6. The van der Waals surface area contributed by atoms with Gasteiger partial charge in [-0.1, -0.05) is 16.0 Å². The van der Waals surface area contributed by atoms with Crippen molar-refractivity contribution in [1.82, 2.24) is 14.9 Å². The maximum absolute atomic E-state index is 12.1. The van der Waals surface area contributed by atoms with Crippen LogP contribution in [0.4, 0.5) is 16.6 Å². The Balaban J connectivity index is 2.32. The number of carbonyl (C=O) groups is 1. The maximum Gasteiger partial charge on any atom is 0.470 e. The lowest BCUT2D eigenvalue weighted by Crippen LogP contribution is -2.46. The molecular weight excluding hydrogens is 246 g/mol. The third-order valence-corrected chi connectivity index (χ3v) is 2.95. The lowest BCUT2D eigenvalue weighted by molar-refractivity contribution is -0.437. The fourth-order valence-corrected chi connectivity index (χ4v) is 1.94. The number of rotatable bonds is 4. The summed E-state index contributed by atoms with van der Waals surface area (Å²) in [6.07, 6.45) is 4.10. The number of carbonyl (C=O) groups excluding carboxylic acids is 1. The number of fused-ring (bicyclic) bond motifs is 1. The minimum Gasteiger partial charge on any atom is -0.319 e. The van der Waals surface area contributed by atoms with Crippen molar-refractivity contribution < 1.29 is 9.55 Å². The first-order valence-electron chi connectivity index (χ1n) is 5.95. The molecule has 2 rings (SSSR count). The third-order valence-electron chi connectivity index (χ3n) is 2.95. The van der Waals surface area contributed by atoms with Gasteiger partial charge in [0.05, 0.1) is 12.1 Å². The molecule has 0 atom stereocenters. The Morgan fingerprint density at radius 1 is 1.58 bits per heavy atom. The van der Waals surface area contributed by atoms with E-state index in [9.17, 15) is 9.70 Å². The van der Waals surface area contributed by atoms with E-state index in [-0.39, 0.29) is 12.0 Å². The Morgan fingerprint density at radius 3 is 2.95 bits per heavy atom. The summed E-state index contributed by atoms with van der Waals surface area (Å²) in [6, 6.07) is -0.132. The first kappa shape index (κ1) is 13.1. The zero-order chi connectivity index (χ0) is 14.0. The SMILES string of the molecule is C=CCCN1Cc2cnc([N+](C)=O)nc2N(C)C1=O. The Morgan fingerprint density at radius 2 is 2.32 bits per heavy atom. The van der Waals surface area contributed by atoms with Crippen molar-refractivity contribution >= 4 is 17.8 Å². The molecule has 1 aromatic rings. The summed E-state index contributed by atoms with van der Waals surface area (Å²) >= 11 is 0. The summed E-state index contributed by atoms with van der Waals surface area (Å²) in [5.41, 5.74) is 0.830. The molecule has 7 heteroatoms. The van der Waals surface area contributed by atoms with Crippen LogP contribution in [0.25, 0.3) is 0 Å². The first-order valence-corrected chi connectivity index (χ1v) is 5.95. The zero-order valence-electron chi connectivity index (χ0n) is 11.0. The van der Waals surface area contributed by atoms with Gasteiger partial charge in [-0.2, -0.15) is 0 Å². The average Bonchev–Trinajstić information content (AvgIpc) is 2.40. The molecule has 19 heavy (non-hydrogen) atoms. The normalized spacial score (nSPS) is 14.3. The largest absolute Gasteiger partial charge is 0.470 e. The summed E-state index contributed by atoms with van der Waals surface area (Å²) in [6.45, 7) is 4.71. The molecular formula is C12H16N5O2+. The summed E-state index contributed by atoms with van der Waals surface area (Å²) in [5, 5.41) is 0. The molecule has 0 unspecified atom stereocenters. The standard InChI is InChI=1S/C12H16N5O2/c1-4-5-6-17-8-9-7-13-11(16(3)19)14-10(9)15(2)12(17)18/h4,7H,1,5-6,8H2,2-3H3/q+1. The maximum atomic E-state index is 12.1. The van der Waals surface area contributed by atoms with Gasteiger partial charge in [-0.15, -0.1) is 6.58 Å². The Labute approximate surface area is 111 Å². The topological polar surface area (TPSA) is 69.4 Å². The van der Waals surface area contributed by atoms with E-state index in [1.54, 1.807) is 24.2 Å². The van der Waals surface area contributed by atoms with E-state index >= 15 is 0 Å². The smallest absolute Gasteiger partial charge is 0.319 e. The van der Waals surface area contributed by atoms with Crippen LogP contribution in [-0.2, 0) is 6.54 Å². The molecule has 0 fully saturated rings. The highest BCUT2D eigenvalue weighted by Gasteiger charge is 2.32. The molecule has 100 valence electrons. The molecule has 0 aromatic carbocycles.